The van der Waals surface area contributed by atoms with Crippen LogP contribution in [-0.4, -0.2) is 74.9 Å². The Hall–Kier alpha value is -1.58. The van der Waals surface area contributed by atoms with Crippen LogP contribution in [0.1, 0.15) is 99.3 Å². The number of allylic oxidation sites excluding steroid dienone is 3. The second kappa shape index (κ2) is 16.2. The van der Waals surface area contributed by atoms with Crippen LogP contribution in [0, 0.1) is 23.7 Å². The molecule has 0 aliphatic carbocycles. The number of rotatable bonds is 0. The fraction of sp³-hybridized carbons (Fsp3) is 0.812. The van der Waals surface area contributed by atoms with Crippen molar-refractivity contribution in [3.05, 3.63) is 23.8 Å². The lowest BCUT2D eigenvalue weighted by Gasteiger charge is -2.27. The Morgan fingerprint density at radius 2 is 1.52 bits per heavy atom. The predicted molar refractivity (Wildman–Crippen MR) is 154 cm³/mol. The van der Waals surface area contributed by atoms with Gasteiger partial charge in [0.2, 0.25) is 0 Å². The van der Waals surface area contributed by atoms with Crippen LogP contribution in [0.25, 0.3) is 0 Å². The first-order chi connectivity index (χ1) is 18.7. The molecule has 8 heteroatoms. The Labute approximate surface area is 240 Å². The van der Waals surface area contributed by atoms with E-state index in [1.54, 1.807) is 20.8 Å². The summed E-state index contributed by atoms with van der Waals surface area (Å²) in [5.41, 5.74) is 2.09. The van der Waals surface area contributed by atoms with E-state index in [9.17, 15) is 30.0 Å². The molecule has 0 bridgehead atoms. The van der Waals surface area contributed by atoms with Crippen molar-refractivity contribution >= 4 is 11.8 Å². The molecule has 0 aromatic carbocycles. The number of esters is 1. The number of Topliss-reactive ketones (excluding diaryl/α,β-unsaturated/α-hetero) is 1. The molecule has 2 rings (SSSR count). The third kappa shape index (κ3) is 11.4. The normalized spacial score (nSPS) is 42.3. The zero-order valence-electron chi connectivity index (χ0n) is 25.4. The lowest BCUT2D eigenvalue weighted by molar-refractivity contribution is -0.158. The number of cyclic esters (lactones) is 1. The van der Waals surface area contributed by atoms with Crippen LogP contribution in [0.5, 0.6) is 0 Å². The Kier molecular flexibility index (Phi) is 14.0. The van der Waals surface area contributed by atoms with Crippen LogP contribution in [0.2, 0.25) is 0 Å². The number of aliphatic hydroxyl groups excluding tert-OH is 4. The highest BCUT2D eigenvalue weighted by atomic mass is 16.6. The molecule has 2 aliphatic heterocycles. The maximum atomic E-state index is 12.6. The first-order valence-electron chi connectivity index (χ1n) is 15.2. The summed E-state index contributed by atoms with van der Waals surface area (Å²) < 4.78 is 11.4. The Morgan fingerprint density at radius 1 is 0.875 bits per heavy atom. The van der Waals surface area contributed by atoms with Crippen LogP contribution in [-0.2, 0) is 19.1 Å². The van der Waals surface area contributed by atoms with Crippen molar-refractivity contribution in [2.75, 3.05) is 0 Å². The monoisotopic (exact) mass is 566 g/mol. The zero-order chi connectivity index (χ0) is 30.1. The summed E-state index contributed by atoms with van der Waals surface area (Å²) in [6.07, 6.45) is 2.51. The van der Waals surface area contributed by atoms with Gasteiger partial charge in [0.05, 0.1) is 42.5 Å². The molecule has 1 saturated heterocycles. The molecule has 2 heterocycles. The van der Waals surface area contributed by atoms with Gasteiger partial charge in [-0.05, 0) is 77.0 Å². The standard InChI is InChI=1S/C32H54O8/c1-18-12-19(2)14-29-28(40-29)11-9-8-10-26(34)24(7)32(38)39-23(6)15-22(5)30(36)31(37)27(35)17-25(33)16-21(4)20(3)13-18/h13,19,21-26,28-31,33-34,36-37H,1,8-12,14-17H2,2-7H3/b20-13+/t19-,21+,22-,23+,24+,25+,26+,28+,29+,30+,31+/m1/s1. The van der Waals surface area contributed by atoms with Gasteiger partial charge >= 0.3 is 5.97 Å². The van der Waals surface area contributed by atoms with E-state index in [-0.39, 0.29) is 31.0 Å². The Bertz CT molecular complexity index is 869. The number of carbonyl (C=O) groups excluding carboxylic acids is 2. The van der Waals surface area contributed by atoms with Gasteiger partial charge in [0.15, 0.2) is 5.78 Å². The van der Waals surface area contributed by atoms with Crippen molar-refractivity contribution in [3.8, 4) is 0 Å². The van der Waals surface area contributed by atoms with E-state index in [1.165, 1.54) is 0 Å². The van der Waals surface area contributed by atoms with E-state index < -0.39 is 54.1 Å². The van der Waals surface area contributed by atoms with E-state index in [2.05, 4.69) is 19.6 Å². The summed E-state index contributed by atoms with van der Waals surface area (Å²) >= 11 is 0. The summed E-state index contributed by atoms with van der Waals surface area (Å²) in [6.45, 7) is 15.4. The molecular weight excluding hydrogens is 512 g/mol. The third-order valence-electron chi connectivity index (χ3n) is 8.65. The number of aliphatic hydroxyl groups is 4. The van der Waals surface area contributed by atoms with E-state index in [0.717, 1.165) is 43.3 Å². The first-order valence-corrected chi connectivity index (χ1v) is 15.2. The van der Waals surface area contributed by atoms with Gasteiger partial charge in [-0.3, -0.25) is 9.59 Å². The number of hydrogen-bond acceptors (Lipinski definition) is 8. The molecule has 40 heavy (non-hydrogen) atoms. The minimum absolute atomic E-state index is 0.0157. The van der Waals surface area contributed by atoms with Gasteiger partial charge in [-0.25, -0.2) is 0 Å². The minimum atomic E-state index is -1.64. The molecule has 4 N–H and O–H groups in total. The molecular formula is C32H54O8. The number of ether oxygens (including phenoxy) is 2. The summed E-state index contributed by atoms with van der Waals surface area (Å²) in [4.78, 5) is 25.2. The smallest absolute Gasteiger partial charge is 0.311 e. The molecule has 8 nitrogen and oxygen atoms in total. The second-order valence-corrected chi connectivity index (χ2v) is 12.8. The van der Waals surface area contributed by atoms with E-state index in [0.29, 0.717) is 18.8 Å². The van der Waals surface area contributed by atoms with Gasteiger partial charge in [-0.15, -0.1) is 0 Å². The molecule has 1 fully saturated rings. The quantitative estimate of drug-likeness (QED) is 0.252. The summed E-state index contributed by atoms with van der Waals surface area (Å²) in [7, 11) is 0. The first kappa shape index (κ1) is 34.6. The Morgan fingerprint density at radius 3 is 2.20 bits per heavy atom. The molecule has 230 valence electrons. The van der Waals surface area contributed by atoms with E-state index in [1.807, 2.05) is 13.8 Å². The summed E-state index contributed by atoms with van der Waals surface area (Å²) in [5, 5.41) is 42.1. The second-order valence-electron chi connectivity index (χ2n) is 12.8. The average Bonchev–Trinajstić information content (AvgIpc) is 3.60. The number of carbonyl (C=O) groups is 2. The molecule has 0 amide bonds. The van der Waals surface area contributed by atoms with Gasteiger partial charge in [0, 0.05) is 6.42 Å². The van der Waals surface area contributed by atoms with Crippen molar-refractivity contribution in [2.24, 2.45) is 23.7 Å². The van der Waals surface area contributed by atoms with Gasteiger partial charge in [0.25, 0.3) is 0 Å². The van der Waals surface area contributed by atoms with Crippen LogP contribution < -0.4 is 0 Å². The fourth-order valence-electron chi connectivity index (χ4n) is 5.75. The minimum Gasteiger partial charge on any atom is -0.462 e. The van der Waals surface area contributed by atoms with Crippen molar-refractivity contribution in [1.29, 1.82) is 0 Å². The van der Waals surface area contributed by atoms with Crippen molar-refractivity contribution in [3.63, 3.8) is 0 Å². The topological polar surface area (TPSA) is 137 Å². The van der Waals surface area contributed by atoms with E-state index in [4.69, 9.17) is 9.47 Å². The van der Waals surface area contributed by atoms with Crippen LogP contribution in [0.4, 0.5) is 0 Å². The maximum Gasteiger partial charge on any atom is 0.311 e. The van der Waals surface area contributed by atoms with Gasteiger partial charge in [0.1, 0.15) is 6.10 Å². The third-order valence-corrected chi connectivity index (χ3v) is 8.65. The molecule has 0 aromatic rings. The SMILES string of the molecule is C=C1/C=C(\C)[C@@H](C)C[C@H](O)CC(=O)[C@H](O)[C@@H](O)[C@H](C)C[C@H](C)OC(=O)[C@@H](C)[C@@H](O)CCCC[C@@H]2O[C@H]2C[C@H](C)C1. The van der Waals surface area contributed by atoms with Crippen molar-refractivity contribution < 1.29 is 39.5 Å². The molecule has 11 atom stereocenters. The Balaban J connectivity index is 2.07. The van der Waals surface area contributed by atoms with Crippen LogP contribution in [0.3, 0.4) is 0 Å². The summed E-state index contributed by atoms with van der Waals surface area (Å²) in [5.74, 6) is -1.93. The maximum absolute atomic E-state index is 12.6. The molecule has 0 spiro atoms. The number of ketones is 1. The number of fused-ring (bicyclic) bond motifs is 1. The number of hydrogen-bond donors (Lipinski definition) is 4. The zero-order valence-corrected chi connectivity index (χ0v) is 25.4. The van der Waals surface area contributed by atoms with Crippen molar-refractivity contribution in [2.45, 2.75) is 142 Å². The lowest BCUT2D eigenvalue weighted by atomic mass is 9.88. The van der Waals surface area contributed by atoms with Gasteiger partial charge in [-0.2, -0.15) is 0 Å². The average molecular weight is 567 g/mol. The lowest BCUT2D eigenvalue weighted by Crippen LogP contribution is -2.41. The van der Waals surface area contributed by atoms with Gasteiger partial charge < -0.3 is 29.9 Å². The highest BCUT2D eigenvalue weighted by Gasteiger charge is 2.39. The largest absolute Gasteiger partial charge is 0.462 e. The predicted octanol–water partition coefficient (Wildman–Crippen LogP) is 4.27. The molecule has 0 radical (unpaired) electrons. The van der Waals surface area contributed by atoms with E-state index >= 15 is 0 Å². The molecule has 0 unspecified atom stereocenters. The highest BCUT2D eigenvalue weighted by molar-refractivity contribution is 5.83. The summed E-state index contributed by atoms with van der Waals surface area (Å²) in [6, 6.07) is 0. The molecule has 2 aliphatic rings. The van der Waals surface area contributed by atoms with Crippen LogP contribution >= 0.6 is 0 Å². The molecule has 0 aromatic heterocycles. The number of epoxide rings is 1. The fourth-order valence-corrected chi connectivity index (χ4v) is 5.75. The van der Waals surface area contributed by atoms with Crippen molar-refractivity contribution in [1.82, 2.24) is 0 Å². The highest BCUT2D eigenvalue weighted by Crippen LogP contribution is 2.34. The van der Waals surface area contributed by atoms with Gasteiger partial charge in [-0.1, -0.05) is 57.4 Å². The van der Waals surface area contributed by atoms with Crippen LogP contribution in [0.15, 0.2) is 23.8 Å². The molecule has 0 saturated carbocycles.